The average molecular weight is 540 g/mol. The number of rotatable bonds is 22. The van der Waals surface area contributed by atoms with Crippen molar-refractivity contribution in [1.82, 2.24) is 5.32 Å². The average Bonchev–Trinajstić information content (AvgIpc) is 2.79. The van der Waals surface area contributed by atoms with Crippen LogP contribution in [0.5, 0.6) is 0 Å². The topological polar surface area (TPSA) is 111 Å². The van der Waals surface area contributed by atoms with Gasteiger partial charge in [-0.05, 0) is 67.0 Å². The van der Waals surface area contributed by atoms with Gasteiger partial charge in [0.05, 0.1) is 0 Å². The van der Waals surface area contributed by atoms with Gasteiger partial charge in [-0.2, -0.15) is 0 Å². The number of esters is 1. The quantitative estimate of drug-likeness (QED) is 0.122. The normalized spacial score (nSPS) is 12.9. The monoisotopic (exact) mass is 539 g/mol. The van der Waals surface area contributed by atoms with Crippen molar-refractivity contribution in [3.63, 3.8) is 0 Å². The second-order valence-corrected chi connectivity index (χ2v) is 14.2. The summed E-state index contributed by atoms with van der Waals surface area (Å²) >= 11 is 0. The summed E-state index contributed by atoms with van der Waals surface area (Å²) in [4.78, 5) is 24.0. The minimum absolute atomic E-state index is 0.0195. The molecule has 0 bridgehead atoms. The number of nitrogens with one attached hydrogen (secondary N) is 1. The van der Waals surface area contributed by atoms with Crippen LogP contribution in [0.15, 0.2) is 0 Å². The van der Waals surface area contributed by atoms with Gasteiger partial charge in [0.25, 0.3) is 0 Å². The molecule has 1 unspecified atom stereocenters. The van der Waals surface area contributed by atoms with E-state index >= 15 is 0 Å². The summed E-state index contributed by atoms with van der Waals surface area (Å²) in [6.07, 6.45) is 1.39. The van der Waals surface area contributed by atoms with Gasteiger partial charge in [-0.3, -0.25) is 4.79 Å². The van der Waals surface area contributed by atoms with Crippen LogP contribution in [-0.2, 0) is 36.4 Å². The lowest BCUT2D eigenvalue weighted by Crippen LogP contribution is -2.46. The van der Waals surface area contributed by atoms with Crippen molar-refractivity contribution < 1.29 is 41.2 Å². The van der Waals surface area contributed by atoms with E-state index in [1.54, 1.807) is 6.92 Å². The molecule has 12 heteroatoms. The minimum Gasteiger partial charge on any atom is -0.462 e. The minimum atomic E-state index is -2.72. The molecular formula is C23H49NO9Si2. The highest BCUT2D eigenvalue weighted by atomic mass is 28.4. The molecule has 0 aromatic rings. The Labute approximate surface area is 214 Å². The number of hydrogen-bond acceptors (Lipinski definition) is 9. The summed E-state index contributed by atoms with van der Waals surface area (Å²) in [5.74, 6) is -0.305. The lowest BCUT2D eigenvalue weighted by molar-refractivity contribution is -0.146. The fourth-order valence-electron chi connectivity index (χ4n) is 3.55. The Balaban J connectivity index is 4.13. The van der Waals surface area contributed by atoms with E-state index in [0.717, 1.165) is 12.5 Å². The number of alkyl carbamates (subject to hydrolysis) is 1. The Hall–Kier alpha value is -1.03. The van der Waals surface area contributed by atoms with E-state index in [0.29, 0.717) is 64.9 Å². The fraction of sp³-hybridized carbons (Fsp3) is 0.913. The van der Waals surface area contributed by atoms with Crippen LogP contribution >= 0.6 is 0 Å². The summed E-state index contributed by atoms with van der Waals surface area (Å²) in [6.45, 7) is 16.6. The van der Waals surface area contributed by atoms with Gasteiger partial charge in [-0.1, -0.05) is 6.42 Å². The number of unbranched alkanes of at least 4 members (excludes halogenated alkanes) is 1. The third kappa shape index (κ3) is 16.4. The maximum absolute atomic E-state index is 12.0. The largest absolute Gasteiger partial charge is 0.500 e. The first-order valence-electron chi connectivity index (χ1n) is 13.0. The van der Waals surface area contributed by atoms with Gasteiger partial charge in [-0.25, -0.2) is 4.79 Å². The van der Waals surface area contributed by atoms with E-state index in [1.807, 2.05) is 34.6 Å². The Kier molecular flexibility index (Phi) is 19.5. The lowest BCUT2D eigenvalue weighted by Gasteiger charge is -2.28. The maximum Gasteiger partial charge on any atom is 0.500 e. The molecule has 0 radical (unpaired) electrons. The zero-order valence-electron chi connectivity index (χ0n) is 22.9. The molecule has 0 heterocycles. The molecular weight excluding hydrogens is 490 g/mol. The van der Waals surface area contributed by atoms with Gasteiger partial charge < -0.3 is 36.9 Å². The van der Waals surface area contributed by atoms with Gasteiger partial charge in [0, 0.05) is 52.0 Å². The molecule has 1 atom stereocenters. The highest BCUT2D eigenvalue weighted by molar-refractivity contribution is 6.66. The lowest BCUT2D eigenvalue weighted by atomic mass is 10.2. The Morgan fingerprint density at radius 2 is 1.31 bits per heavy atom. The fourth-order valence-corrected chi connectivity index (χ4v) is 8.65. The van der Waals surface area contributed by atoms with Crippen molar-refractivity contribution in [3.05, 3.63) is 0 Å². The van der Waals surface area contributed by atoms with Crippen LogP contribution in [0.2, 0.25) is 18.6 Å². The zero-order chi connectivity index (χ0) is 26.6. The van der Waals surface area contributed by atoms with Crippen molar-refractivity contribution in [2.75, 3.05) is 46.2 Å². The van der Waals surface area contributed by atoms with Gasteiger partial charge in [-0.15, -0.1) is 0 Å². The molecule has 35 heavy (non-hydrogen) atoms. The van der Waals surface area contributed by atoms with Gasteiger partial charge >= 0.3 is 29.4 Å². The first-order chi connectivity index (χ1) is 16.7. The van der Waals surface area contributed by atoms with Crippen LogP contribution < -0.4 is 5.32 Å². The number of carbonyl (C=O) groups is 2. The van der Waals surface area contributed by atoms with Crippen LogP contribution in [0.3, 0.4) is 0 Å². The number of hydrogen-bond donors (Lipinski definition) is 1. The van der Waals surface area contributed by atoms with Crippen LogP contribution in [0, 0.1) is 0 Å². The molecule has 0 fully saturated rings. The third-order valence-electron chi connectivity index (χ3n) is 4.97. The molecule has 1 amide bonds. The first kappa shape index (κ1) is 34.0. The second-order valence-electron chi connectivity index (χ2n) is 8.12. The highest BCUT2D eigenvalue weighted by Crippen LogP contribution is 2.19. The molecule has 0 aliphatic heterocycles. The van der Waals surface area contributed by atoms with Crippen molar-refractivity contribution in [3.8, 4) is 0 Å². The predicted octanol–water partition coefficient (Wildman–Crippen LogP) is 4.40. The summed E-state index contributed by atoms with van der Waals surface area (Å²) in [6, 6.07) is 1.44. The molecule has 1 N–H and O–H groups in total. The van der Waals surface area contributed by atoms with E-state index < -0.39 is 29.6 Å². The van der Waals surface area contributed by atoms with Gasteiger partial charge in [0.1, 0.15) is 12.7 Å². The molecule has 0 aliphatic carbocycles. The molecule has 208 valence electrons. The number of amides is 1. The zero-order valence-corrected chi connectivity index (χ0v) is 24.9. The van der Waals surface area contributed by atoms with Gasteiger partial charge in [0.2, 0.25) is 0 Å². The van der Waals surface area contributed by atoms with E-state index in [9.17, 15) is 9.59 Å². The predicted molar refractivity (Wildman–Crippen MR) is 138 cm³/mol. The third-order valence-corrected chi connectivity index (χ3v) is 11.2. The van der Waals surface area contributed by atoms with E-state index in [4.69, 9.17) is 31.6 Å². The van der Waals surface area contributed by atoms with Gasteiger partial charge in [0.15, 0.2) is 0 Å². The molecule has 0 aliphatic rings. The van der Waals surface area contributed by atoms with Crippen molar-refractivity contribution in [1.29, 1.82) is 0 Å². The summed E-state index contributed by atoms with van der Waals surface area (Å²) in [5.41, 5.74) is 0. The van der Waals surface area contributed by atoms with Crippen molar-refractivity contribution in [2.45, 2.75) is 92.0 Å². The molecule has 0 aromatic carbocycles. The van der Waals surface area contributed by atoms with E-state index in [-0.39, 0.29) is 12.6 Å². The smallest absolute Gasteiger partial charge is 0.462 e. The van der Waals surface area contributed by atoms with Crippen molar-refractivity contribution in [2.24, 2.45) is 0 Å². The van der Waals surface area contributed by atoms with Crippen LogP contribution in [0.25, 0.3) is 0 Å². The second kappa shape index (κ2) is 20.1. The van der Waals surface area contributed by atoms with Crippen LogP contribution in [0.1, 0.15) is 67.2 Å². The molecule has 0 saturated heterocycles. The highest BCUT2D eigenvalue weighted by Gasteiger charge is 2.39. The maximum atomic E-state index is 12.0. The molecule has 10 nitrogen and oxygen atoms in total. The Bertz CT molecular complexity index is 546. The SMILES string of the molecule is CCO[Si](C)(CCCCC(=O)OCC(C)OC(=O)NCCC[Si](OCC)(OCC)OCC)OCC. The first-order valence-corrected chi connectivity index (χ1v) is 17.4. The van der Waals surface area contributed by atoms with E-state index in [1.165, 1.54) is 0 Å². The van der Waals surface area contributed by atoms with Crippen LogP contribution in [-0.4, -0.2) is 81.7 Å². The summed E-state index contributed by atoms with van der Waals surface area (Å²) < 4.78 is 39.5. The van der Waals surface area contributed by atoms with E-state index in [2.05, 4.69) is 11.9 Å². The molecule has 0 spiro atoms. The Morgan fingerprint density at radius 1 is 0.771 bits per heavy atom. The molecule has 0 saturated carbocycles. The Morgan fingerprint density at radius 3 is 1.83 bits per heavy atom. The standard InChI is InChI=1S/C23H49NO9Si2/c1-8-28-34(7,29-9-2)18-14-13-16-22(25)27-20-21(6)33-23(26)24-17-15-19-35(30-10-3,31-11-4)32-12-5/h21H,8-20H2,1-7H3,(H,24,26). The molecule has 0 rings (SSSR count). The van der Waals surface area contributed by atoms with Crippen LogP contribution in [0.4, 0.5) is 4.79 Å². The number of carbonyl (C=O) groups excluding carboxylic acids is 2. The summed E-state index contributed by atoms with van der Waals surface area (Å²) in [5, 5.41) is 2.71. The summed E-state index contributed by atoms with van der Waals surface area (Å²) in [7, 11) is -4.87. The number of ether oxygens (including phenoxy) is 2. The molecule has 0 aromatic heterocycles. The van der Waals surface area contributed by atoms with Crippen molar-refractivity contribution >= 4 is 29.4 Å².